The predicted octanol–water partition coefficient (Wildman–Crippen LogP) is 13.6. The van der Waals surface area contributed by atoms with Crippen molar-refractivity contribution >= 4 is 11.9 Å². The third-order valence-corrected chi connectivity index (χ3v) is 13.1. The Morgan fingerprint density at radius 2 is 0.848 bits per heavy atom. The van der Waals surface area contributed by atoms with E-state index in [0.717, 1.165) is 44.9 Å². The van der Waals surface area contributed by atoms with Crippen LogP contribution in [0.3, 0.4) is 0 Å². The summed E-state index contributed by atoms with van der Waals surface area (Å²) in [6.45, 7) is 3.46. The quantitative estimate of drug-likeness (QED) is 0.0264. The zero-order valence-electron chi connectivity index (χ0n) is 42.7. The first-order chi connectivity index (χ1) is 32.3. The number of carbonyl (C=O) groups excluding carboxylic acids is 2. The third kappa shape index (κ3) is 37.1. The van der Waals surface area contributed by atoms with Gasteiger partial charge in [0.2, 0.25) is 0 Å². The maximum atomic E-state index is 12.9. The summed E-state index contributed by atoms with van der Waals surface area (Å²) in [7, 11) is 0. The summed E-state index contributed by atoms with van der Waals surface area (Å²) in [6, 6.07) is 0. The monoisotopic (exact) mass is 937 g/mol. The molecule has 6 atom stereocenters. The van der Waals surface area contributed by atoms with Crippen molar-refractivity contribution in [3.05, 3.63) is 24.3 Å². The van der Waals surface area contributed by atoms with Gasteiger partial charge >= 0.3 is 11.9 Å². The molecule has 4 N–H and O–H groups in total. The molecule has 0 spiro atoms. The number of hydrogen-bond acceptors (Lipinski definition) is 10. The summed E-state index contributed by atoms with van der Waals surface area (Å²) in [6.07, 6.45) is 47.6. The maximum absolute atomic E-state index is 12.9. The zero-order chi connectivity index (χ0) is 48.0. The fourth-order valence-corrected chi connectivity index (χ4v) is 8.69. The number of carbonyl (C=O) groups is 2. The molecule has 10 nitrogen and oxygen atoms in total. The molecule has 0 aliphatic carbocycles. The number of esters is 2. The highest BCUT2D eigenvalue weighted by atomic mass is 16.7. The van der Waals surface area contributed by atoms with Gasteiger partial charge in [0.05, 0.1) is 13.2 Å². The minimum atomic E-state index is -1.59. The number of allylic oxidation sites excluding steroid dienone is 4. The molecule has 0 bridgehead atoms. The van der Waals surface area contributed by atoms with E-state index in [1.54, 1.807) is 0 Å². The van der Waals surface area contributed by atoms with Crippen molar-refractivity contribution in [2.24, 2.45) is 0 Å². The first-order valence-electron chi connectivity index (χ1n) is 27.9. The fraction of sp³-hybridized carbons (Fsp3) is 0.893. The third-order valence-electron chi connectivity index (χ3n) is 13.1. The second kappa shape index (κ2) is 46.9. The second-order valence-corrected chi connectivity index (χ2v) is 19.4. The number of ether oxygens (including phenoxy) is 4. The number of aliphatic hydroxyl groups excluding tert-OH is 4. The first-order valence-corrected chi connectivity index (χ1v) is 27.9. The van der Waals surface area contributed by atoms with Gasteiger partial charge in [-0.25, -0.2) is 0 Å². The number of rotatable bonds is 48. The minimum Gasteiger partial charge on any atom is -0.462 e. The van der Waals surface area contributed by atoms with Gasteiger partial charge in [0.1, 0.15) is 31.0 Å². The summed E-state index contributed by atoms with van der Waals surface area (Å²) < 4.78 is 22.3. The van der Waals surface area contributed by atoms with E-state index in [9.17, 15) is 30.0 Å². The zero-order valence-corrected chi connectivity index (χ0v) is 42.7. The molecule has 0 saturated carbocycles. The van der Waals surface area contributed by atoms with Crippen LogP contribution in [0.5, 0.6) is 0 Å². The van der Waals surface area contributed by atoms with Gasteiger partial charge in [-0.1, -0.05) is 231 Å². The molecule has 0 aromatic heterocycles. The Morgan fingerprint density at radius 3 is 1.26 bits per heavy atom. The molecule has 1 aliphatic rings. The number of hydrogen-bond donors (Lipinski definition) is 4. The average Bonchev–Trinajstić information content (AvgIpc) is 3.32. The Hall–Kier alpha value is -1.82. The Balaban J connectivity index is 2.21. The van der Waals surface area contributed by atoms with Crippen LogP contribution in [0.1, 0.15) is 264 Å². The lowest BCUT2D eigenvalue weighted by Gasteiger charge is -2.39. The first kappa shape index (κ1) is 62.2. The standard InChI is InChI=1S/C56H104O10/c1-3-5-7-9-11-13-15-17-19-21-23-24-25-26-27-29-31-33-35-37-39-41-43-45-52(59)65-49(48-64-56-55(62)54(61)53(60)50(46-57)66-56)47-63-51(58)44-42-40-38-36-34-32-30-28-22-20-18-16-14-12-10-8-6-4-2/h15,17,21,23,49-50,53-57,60-62H,3-14,16,18-20,22,24-48H2,1-2H3/b17-15-,23-21-. The molecule has 0 radical (unpaired) electrons. The highest BCUT2D eigenvalue weighted by Gasteiger charge is 2.44. The SMILES string of the molecule is CCCCCCC/C=C\C/C=C\CCCCCCCCCCCCCC(=O)OC(COC(=O)CCCCCCCCCCCCCCCCCCCC)COC1OC(CO)C(O)C(O)C1O. The van der Waals surface area contributed by atoms with Crippen LogP contribution in [-0.2, 0) is 28.5 Å². The van der Waals surface area contributed by atoms with Crippen molar-refractivity contribution < 1.29 is 49.0 Å². The highest BCUT2D eigenvalue weighted by molar-refractivity contribution is 5.70. The van der Waals surface area contributed by atoms with Crippen molar-refractivity contribution in [3.63, 3.8) is 0 Å². The van der Waals surface area contributed by atoms with E-state index in [1.165, 1.54) is 186 Å². The normalized spacial score (nSPS) is 19.3. The van der Waals surface area contributed by atoms with Gasteiger partial charge in [0.25, 0.3) is 0 Å². The van der Waals surface area contributed by atoms with Crippen molar-refractivity contribution in [1.82, 2.24) is 0 Å². The molecular formula is C56H104O10. The van der Waals surface area contributed by atoms with Crippen LogP contribution < -0.4 is 0 Å². The van der Waals surface area contributed by atoms with E-state index in [0.29, 0.717) is 6.42 Å². The Bertz CT molecular complexity index is 1130. The van der Waals surface area contributed by atoms with Gasteiger partial charge in [0.15, 0.2) is 12.4 Å². The molecule has 66 heavy (non-hydrogen) atoms. The summed E-state index contributed by atoms with van der Waals surface area (Å²) in [5.41, 5.74) is 0. The van der Waals surface area contributed by atoms with Gasteiger partial charge < -0.3 is 39.4 Å². The molecule has 10 heteroatoms. The van der Waals surface area contributed by atoms with Crippen LogP contribution in [0.2, 0.25) is 0 Å². The second-order valence-electron chi connectivity index (χ2n) is 19.4. The molecule has 0 aromatic rings. The maximum Gasteiger partial charge on any atom is 0.306 e. The van der Waals surface area contributed by atoms with Crippen LogP contribution in [0.25, 0.3) is 0 Å². The van der Waals surface area contributed by atoms with Gasteiger partial charge in [-0.2, -0.15) is 0 Å². The molecule has 1 rings (SSSR count). The van der Waals surface area contributed by atoms with Crippen molar-refractivity contribution in [1.29, 1.82) is 0 Å². The minimum absolute atomic E-state index is 0.213. The summed E-state index contributed by atoms with van der Waals surface area (Å²) in [4.78, 5) is 25.5. The smallest absolute Gasteiger partial charge is 0.306 e. The van der Waals surface area contributed by atoms with Crippen LogP contribution >= 0.6 is 0 Å². The lowest BCUT2D eigenvalue weighted by atomic mass is 9.99. The lowest BCUT2D eigenvalue weighted by Crippen LogP contribution is -2.59. The largest absolute Gasteiger partial charge is 0.462 e. The van der Waals surface area contributed by atoms with Crippen molar-refractivity contribution in [2.75, 3.05) is 19.8 Å². The molecule has 0 amide bonds. The van der Waals surface area contributed by atoms with Gasteiger partial charge in [-0.3, -0.25) is 9.59 Å². The number of unbranched alkanes of at least 4 members (excludes halogenated alkanes) is 33. The van der Waals surface area contributed by atoms with E-state index in [1.807, 2.05) is 0 Å². The summed E-state index contributed by atoms with van der Waals surface area (Å²) >= 11 is 0. The molecular weight excluding hydrogens is 833 g/mol. The van der Waals surface area contributed by atoms with Crippen LogP contribution in [-0.4, -0.2) is 89.0 Å². The molecule has 0 aromatic carbocycles. The van der Waals surface area contributed by atoms with Crippen molar-refractivity contribution in [3.8, 4) is 0 Å². The predicted molar refractivity (Wildman–Crippen MR) is 270 cm³/mol. The molecule has 388 valence electrons. The average molecular weight is 937 g/mol. The van der Waals surface area contributed by atoms with E-state index in [4.69, 9.17) is 18.9 Å². The Labute approximate surface area is 404 Å². The Kier molecular flexibility index (Phi) is 44.2. The molecule has 1 fully saturated rings. The van der Waals surface area contributed by atoms with E-state index >= 15 is 0 Å². The number of aliphatic hydroxyl groups is 4. The Morgan fingerprint density at radius 1 is 0.470 bits per heavy atom. The van der Waals surface area contributed by atoms with Crippen LogP contribution in [0.4, 0.5) is 0 Å². The van der Waals surface area contributed by atoms with E-state index < -0.39 is 49.4 Å². The highest BCUT2D eigenvalue weighted by Crippen LogP contribution is 2.23. The van der Waals surface area contributed by atoms with Crippen LogP contribution in [0.15, 0.2) is 24.3 Å². The summed E-state index contributed by atoms with van der Waals surface area (Å²) in [5, 5.41) is 40.3. The summed E-state index contributed by atoms with van der Waals surface area (Å²) in [5.74, 6) is -0.793. The molecule has 6 unspecified atom stereocenters. The van der Waals surface area contributed by atoms with E-state index in [-0.39, 0.29) is 32.0 Å². The lowest BCUT2D eigenvalue weighted by molar-refractivity contribution is -0.305. The van der Waals surface area contributed by atoms with Crippen molar-refractivity contribution in [2.45, 2.75) is 301 Å². The molecule has 1 aliphatic heterocycles. The van der Waals surface area contributed by atoms with Gasteiger partial charge in [-0.05, 0) is 44.9 Å². The van der Waals surface area contributed by atoms with Crippen LogP contribution in [0, 0.1) is 0 Å². The fourth-order valence-electron chi connectivity index (χ4n) is 8.69. The molecule has 1 heterocycles. The molecule has 1 saturated heterocycles. The van der Waals surface area contributed by atoms with E-state index in [2.05, 4.69) is 38.2 Å². The van der Waals surface area contributed by atoms with Gasteiger partial charge in [-0.15, -0.1) is 0 Å². The topological polar surface area (TPSA) is 152 Å². The van der Waals surface area contributed by atoms with Gasteiger partial charge in [0, 0.05) is 12.8 Å².